The molecule has 0 atom stereocenters. The van der Waals surface area contributed by atoms with Crippen molar-refractivity contribution >= 4 is 22.6 Å². The molecule has 0 unspecified atom stereocenters. The van der Waals surface area contributed by atoms with E-state index in [-0.39, 0.29) is 5.12 Å². The van der Waals surface area contributed by atoms with Gasteiger partial charge in [-0.15, -0.1) is 0 Å². The smallest absolute Gasteiger partial charge is 0.185 e. The van der Waals surface area contributed by atoms with E-state index in [4.69, 9.17) is 4.74 Å². The van der Waals surface area contributed by atoms with E-state index in [2.05, 4.69) is 28.9 Å². The second-order valence-electron chi connectivity index (χ2n) is 4.54. The quantitative estimate of drug-likeness (QED) is 0.632. The van der Waals surface area contributed by atoms with E-state index in [1.807, 2.05) is 12.1 Å². The summed E-state index contributed by atoms with van der Waals surface area (Å²) >= 11 is 1.33. The van der Waals surface area contributed by atoms with Gasteiger partial charge in [-0.3, -0.25) is 4.79 Å². The highest BCUT2D eigenvalue weighted by Crippen LogP contribution is 2.17. The Kier molecular flexibility index (Phi) is 5.97. The van der Waals surface area contributed by atoms with Gasteiger partial charge in [-0.05, 0) is 18.2 Å². The van der Waals surface area contributed by atoms with E-state index in [0.717, 1.165) is 44.0 Å². The number of benzene rings is 1. The van der Waals surface area contributed by atoms with Crippen LogP contribution in [0, 0.1) is 11.8 Å². The molecule has 0 amide bonds. The fraction of sp³-hybridized carbons (Fsp3) is 0.438. The van der Waals surface area contributed by atoms with E-state index in [0.29, 0.717) is 0 Å². The Hall–Kier alpha value is -1.44. The third-order valence-electron chi connectivity index (χ3n) is 2.99. The van der Waals surface area contributed by atoms with Crippen LogP contribution in [0.25, 0.3) is 0 Å². The van der Waals surface area contributed by atoms with Gasteiger partial charge in [0.15, 0.2) is 5.12 Å². The fourth-order valence-electron chi connectivity index (χ4n) is 2.01. The monoisotopic (exact) mass is 289 g/mol. The summed E-state index contributed by atoms with van der Waals surface area (Å²) in [6.07, 6.45) is 0.742. The highest BCUT2D eigenvalue weighted by atomic mass is 32.2. The van der Waals surface area contributed by atoms with Crippen LogP contribution in [0.1, 0.15) is 18.9 Å². The van der Waals surface area contributed by atoms with E-state index < -0.39 is 0 Å². The van der Waals surface area contributed by atoms with Crippen molar-refractivity contribution in [2.75, 3.05) is 37.0 Å². The Labute approximate surface area is 124 Å². The highest BCUT2D eigenvalue weighted by Gasteiger charge is 2.10. The molecule has 0 saturated carbocycles. The summed E-state index contributed by atoms with van der Waals surface area (Å²) < 4.78 is 5.36. The predicted octanol–water partition coefficient (Wildman–Crippen LogP) is 2.54. The van der Waals surface area contributed by atoms with Crippen LogP contribution in [0.15, 0.2) is 24.3 Å². The van der Waals surface area contributed by atoms with Crippen LogP contribution >= 0.6 is 11.8 Å². The van der Waals surface area contributed by atoms with Gasteiger partial charge in [0.1, 0.15) is 0 Å². The number of carbonyl (C=O) groups is 1. The van der Waals surface area contributed by atoms with E-state index in [1.54, 1.807) is 6.92 Å². The number of thioether (sulfide) groups is 1. The lowest BCUT2D eigenvalue weighted by Crippen LogP contribution is -2.36. The Morgan fingerprint density at radius 2 is 2.20 bits per heavy atom. The molecule has 1 aliphatic heterocycles. The van der Waals surface area contributed by atoms with Crippen molar-refractivity contribution in [3.63, 3.8) is 0 Å². The van der Waals surface area contributed by atoms with Crippen LogP contribution in [0.3, 0.4) is 0 Å². The minimum Gasteiger partial charge on any atom is -0.378 e. The molecule has 1 aromatic rings. The zero-order valence-electron chi connectivity index (χ0n) is 11.7. The van der Waals surface area contributed by atoms with Gasteiger partial charge in [0.25, 0.3) is 0 Å². The van der Waals surface area contributed by atoms with Crippen LogP contribution in [0.5, 0.6) is 0 Å². The van der Waals surface area contributed by atoms with Gasteiger partial charge in [-0.1, -0.05) is 29.7 Å². The Morgan fingerprint density at radius 3 is 2.95 bits per heavy atom. The van der Waals surface area contributed by atoms with Crippen LogP contribution in [0.4, 0.5) is 5.69 Å². The molecule has 106 valence electrons. The van der Waals surface area contributed by atoms with Gasteiger partial charge in [0, 0.05) is 43.4 Å². The normalized spacial score (nSPS) is 14.6. The number of hydrogen-bond acceptors (Lipinski definition) is 4. The number of carbonyl (C=O) groups excluding carboxylic acids is 1. The van der Waals surface area contributed by atoms with Gasteiger partial charge in [0.2, 0.25) is 0 Å². The minimum absolute atomic E-state index is 0.154. The molecule has 0 spiro atoms. The molecule has 1 heterocycles. The molecule has 3 nitrogen and oxygen atoms in total. The molecule has 1 saturated heterocycles. The highest BCUT2D eigenvalue weighted by molar-refractivity contribution is 8.13. The Morgan fingerprint density at radius 1 is 1.40 bits per heavy atom. The van der Waals surface area contributed by atoms with Gasteiger partial charge < -0.3 is 9.64 Å². The number of ether oxygens (including phenoxy) is 1. The van der Waals surface area contributed by atoms with Crippen molar-refractivity contribution in [1.82, 2.24) is 0 Å². The molecule has 4 heteroatoms. The van der Waals surface area contributed by atoms with Crippen LogP contribution in [-0.4, -0.2) is 37.2 Å². The fourth-order valence-corrected chi connectivity index (χ4v) is 2.50. The maximum atomic E-state index is 10.8. The average Bonchev–Trinajstić information content (AvgIpc) is 2.48. The molecule has 1 fully saturated rings. The number of anilines is 1. The molecule has 20 heavy (non-hydrogen) atoms. The summed E-state index contributed by atoms with van der Waals surface area (Å²) in [5.74, 6) is 7.06. The minimum atomic E-state index is 0.154. The zero-order chi connectivity index (χ0) is 14.2. The second kappa shape index (κ2) is 7.98. The van der Waals surface area contributed by atoms with Crippen molar-refractivity contribution < 1.29 is 9.53 Å². The third-order valence-corrected chi connectivity index (χ3v) is 3.80. The molecule has 0 radical (unpaired) electrons. The molecular formula is C16H19NO2S. The predicted molar refractivity (Wildman–Crippen MR) is 84.1 cm³/mol. The molecule has 0 bridgehead atoms. The summed E-state index contributed by atoms with van der Waals surface area (Å²) in [6, 6.07) is 8.30. The summed E-state index contributed by atoms with van der Waals surface area (Å²) in [7, 11) is 0. The molecule has 0 aromatic heterocycles. The first-order valence-corrected chi connectivity index (χ1v) is 7.79. The lowest BCUT2D eigenvalue weighted by molar-refractivity contribution is -0.109. The van der Waals surface area contributed by atoms with Crippen LogP contribution in [-0.2, 0) is 9.53 Å². The standard InChI is InChI=1S/C16H19NO2S/c1-14(18)20-12-3-2-5-15-6-4-7-16(13-15)17-8-10-19-11-9-17/h4,6-7,13H,3,8-12H2,1H3. The third kappa shape index (κ3) is 4.92. The molecule has 1 aromatic carbocycles. The topological polar surface area (TPSA) is 29.5 Å². The zero-order valence-corrected chi connectivity index (χ0v) is 12.5. The summed E-state index contributed by atoms with van der Waals surface area (Å²) in [4.78, 5) is 13.1. The molecule has 0 N–H and O–H groups in total. The van der Waals surface area contributed by atoms with E-state index in [9.17, 15) is 4.79 Å². The van der Waals surface area contributed by atoms with Gasteiger partial charge in [-0.2, -0.15) is 0 Å². The van der Waals surface area contributed by atoms with E-state index in [1.165, 1.54) is 17.4 Å². The first kappa shape index (κ1) is 15.0. The molecular weight excluding hydrogens is 270 g/mol. The first-order valence-electron chi connectivity index (χ1n) is 6.81. The maximum absolute atomic E-state index is 10.8. The summed E-state index contributed by atoms with van der Waals surface area (Å²) in [5.41, 5.74) is 2.24. The first-order chi connectivity index (χ1) is 9.75. The van der Waals surface area contributed by atoms with Crippen molar-refractivity contribution in [3.05, 3.63) is 29.8 Å². The van der Waals surface area contributed by atoms with Gasteiger partial charge >= 0.3 is 0 Å². The lowest BCUT2D eigenvalue weighted by Gasteiger charge is -2.28. The van der Waals surface area contributed by atoms with Crippen molar-refractivity contribution in [2.24, 2.45) is 0 Å². The number of morpholine rings is 1. The van der Waals surface area contributed by atoms with Crippen molar-refractivity contribution in [1.29, 1.82) is 0 Å². The number of rotatable bonds is 3. The maximum Gasteiger partial charge on any atom is 0.185 e. The van der Waals surface area contributed by atoms with Crippen molar-refractivity contribution in [3.8, 4) is 11.8 Å². The van der Waals surface area contributed by atoms with Crippen LogP contribution < -0.4 is 4.90 Å². The SMILES string of the molecule is CC(=O)SCCC#Cc1cccc(N2CCOCC2)c1. The Balaban J connectivity index is 1.92. The molecule has 2 rings (SSSR count). The second-order valence-corrected chi connectivity index (χ2v) is 5.81. The number of nitrogens with zero attached hydrogens (tertiary/aromatic N) is 1. The Bertz CT molecular complexity index is 513. The van der Waals surface area contributed by atoms with Crippen molar-refractivity contribution in [2.45, 2.75) is 13.3 Å². The van der Waals surface area contributed by atoms with E-state index >= 15 is 0 Å². The summed E-state index contributed by atoms with van der Waals surface area (Å²) in [5, 5.41) is 0.154. The van der Waals surface area contributed by atoms with Gasteiger partial charge in [0.05, 0.1) is 13.2 Å². The molecule has 0 aliphatic carbocycles. The summed E-state index contributed by atoms with van der Waals surface area (Å²) in [6.45, 7) is 5.04. The van der Waals surface area contributed by atoms with Crippen LogP contribution in [0.2, 0.25) is 0 Å². The molecule has 1 aliphatic rings. The lowest BCUT2D eigenvalue weighted by atomic mass is 10.2. The average molecular weight is 289 g/mol. The largest absolute Gasteiger partial charge is 0.378 e. The van der Waals surface area contributed by atoms with Gasteiger partial charge in [-0.25, -0.2) is 0 Å². The number of hydrogen-bond donors (Lipinski definition) is 0.